The second-order valence-electron chi connectivity index (χ2n) is 4.34. The second-order valence-corrected chi connectivity index (χ2v) is 6.04. The number of H-pyrrole nitrogens is 1. The van der Waals surface area contributed by atoms with Gasteiger partial charge in [0.2, 0.25) is 4.77 Å². The molecule has 2 heterocycles. The first-order valence-electron chi connectivity index (χ1n) is 6.18. The highest BCUT2D eigenvalue weighted by molar-refractivity contribution is 7.71. The quantitative estimate of drug-likeness (QED) is 0.586. The summed E-state index contributed by atoms with van der Waals surface area (Å²) in [5.41, 5.74) is 0.351. The molecule has 0 saturated carbocycles. The Hall–Kier alpha value is -2.12. The van der Waals surface area contributed by atoms with E-state index in [9.17, 15) is 4.39 Å². The van der Waals surface area contributed by atoms with E-state index in [0.717, 1.165) is 4.88 Å². The number of benzene rings is 1. The van der Waals surface area contributed by atoms with Gasteiger partial charge in [-0.05, 0) is 43.4 Å². The van der Waals surface area contributed by atoms with Crippen LogP contribution in [-0.2, 0) is 0 Å². The Kier molecular flexibility index (Phi) is 3.76. The molecule has 1 aromatic carbocycles. The van der Waals surface area contributed by atoms with Gasteiger partial charge in [-0.2, -0.15) is 14.9 Å². The summed E-state index contributed by atoms with van der Waals surface area (Å²) in [6.45, 7) is 2.02. The van der Waals surface area contributed by atoms with Crippen LogP contribution in [0, 0.1) is 17.5 Å². The number of aromatic nitrogens is 3. The van der Waals surface area contributed by atoms with Crippen molar-refractivity contribution in [3.63, 3.8) is 0 Å². The van der Waals surface area contributed by atoms with E-state index in [1.54, 1.807) is 35.8 Å². The molecule has 106 valence electrons. The summed E-state index contributed by atoms with van der Waals surface area (Å²) in [7, 11) is 0. The van der Waals surface area contributed by atoms with Crippen LogP contribution in [0.2, 0.25) is 0 Å². The first-order chi connectivity index (χ1) is 10.1. The second kappa shape index (κ2) is 5.71. The molecule has 0 radical (unpaired) electrons. The van der Waals surface area contributed by atoms with Crippen molar-refractivity contribution in [3.8, 4) is 11.4 Å². The predicted molar refractivity (Wildman–Crippen MR) is 84.9 cm³/mol. The van der Waals surface area contributed by atoms with Gasteiger partial charge in [0.1, 0.15) is 5.82 Å². The van der Waals surface area contributed by atoms with Gasteiger partial charge < -0.3 is 0 Å². The van der Waals surface area contributed by atoms with Crippen LogP contribution in [0.3, 0.4) is 0 Å². The fourth-order valence-corrected chi connectivity index (χ4v) is 2.78. The van der Waals surface area contributed by atoms with Crippen molar-refractivity contribution in [3.05, 3.63) is 56.7 Å². The van der Waals surface area contributed by atoms with Crippen LogP contribution in [0.4, 0.5) is 4.39 Å². The van der Waals surface area contributed by atoms with Gasteiger partial charge in [-0.15, -0.1) is 11.3 Å². The molecule has 0 aliphatic heterocycles. The molecule has 0 spiro atoms. The lowest BCUT2D eigenvalue weighted by atomic mass is 10.2. The Morgan fingerprint density at radius 3 is 2.86 bits per heavy atom. The van der Waals surface area contributed by atoms with Crippen molar-refractivity contribution >= 4 is 29.8 Å². The van der Waals surface area contributed by atoms with Gasteiger partial charge in [-0.25, -0.2) is 9.49 Å². The number of halogens is 1. The molecule has 1 N–H and O–H groups in total. The lowest BCUT2D eigenvalue weighted by molar-refractivity contribution is 0.628. The molecule has 0 bridgehead atoms. The monoisotopic (exact) mass is 318 g/mol. The highest BCUT2D eigenvalue weighted by atomic mass is 32.1. The topological polar surface area (TPSA) is 46.0 Å². The molecule has 0 fully saturated rings. The van der Waals surface area contributed by atoms with Crippen LogP contribution in [-0.4, -0.2) is 21.1 Å². The fraction of sp³-hybridized carbons (Fsp3) is 0.0714. The Morgan fingerprint density at radius 1 is 1.33 bits per heavy atom. The Balaban J connectivity index is 2.04. The molecule has 3 rings (SSSR count). The van der Waals surface area contributed by atoms with Crippen LogP contribution in [0.25, 0.3) is 11.4 Å². The number of hydrogen-bond acceptors (Lipinski definition) is 4. The summed E-state index contributed by atoms with van der Waals surface area (Å²) in [5, 5.41) is 11.0. The molecule has 7 heteroatoms. The fourth-order valence-electron chi connectivity index (χ4n) is 1.85. The molecule has 0 amide bonds. The zero-order chi connectivity index (χ0) is 14.8. The Morgan fingerprint density at radius 2 is 2.14 bits per heavy atom. The molecular weight excluding hydrogens is 307 g/mol. The van der Waals surface area contributed by atoms with Crippen molar-refractivity contribution in [2.75, 3.05) is 0 Å². The predicted octanol–water partition coefficient (Wildman–Crippen LogP) is 4.00. The molecule has 3 aromatic rings. The van der Waals surface area contributed by atoms with Crippen LogP contribution < -0.4 is 0 Å². The van der Waals surface area contributed by atoms with E-state index in [2.05, 4.69) is 15.3 Å². The maximum Gasteiger partial charge on any atom is 0.216 e. The molecule has 0 aliphatic carbocycles. The van der Waals surface area contributed by atoms with E-state index in [1.165, 1.54) is 15.6 Å². The van der Waals surface area contributed by atoms with Crippen molar-refractivity contribution in [1.82, 2.24) is 14.9 Å². The average Bonchev–Trinajstić information content (AvgIpc) is 3.04. The molecular formula is C14H11FN4S2. The van der Waals surface area contributed by atoms with E-state index >= 15 is 0 Å². The minimum Gasteiger partial charge on any atom is -0.250 e. The number of nitrogens with one attached hydrogen (secondary N) is 1. The summed E-state index contributed by atoms with van der Waals surface area (Å²) in [6, 6.07) is 10.4. The van der Waals surface area contributed by atoms with Gasteiger partial charge in [-0.1, -0.05) is 12.1 Å². The van der Waals surface area contributed by atoms with Crippen molar-refractivity contribution in [1.29, 1.82) is 0 Å². The van der Waals surface area contributed by atoms with Gasteiger partial charge in [0.05, 0.1) is 11.8 Å². The number of aryl methyl sites for hydroxylation is 1. The molecule has 4 nitrogen and oxygen atoms in total. The van der Waals surface area contributed by atoms with Gasteiger partial charge in [0, 0.05) is 9.75 Å². The van der Waals surface area contributed by atoms with Crippen LogP contribution in [0.15, 0.2) is 41.5 Å². The zero-order valence-electron chi connectivity index (χ0n) is 11.1. The third-order valence-corrected chi connectivity index (χ3v) is 4.03. The number of thiophene rings is 1. The molecule has 21 heavy (non-hydrogen) atoms. The van der Waals surface area contributed by atoms with E-state index in [0.29, 0.717) is 16.2 Å². The Bertz CT molecular complexity index is 860. The third-order valence-electron chi connectivity index (χ3n) is 2.83. The van der Waals surface area contributed by atoms with Gasteiger partial charge >= 0.3 is 0 Å². The maximum absolute atomic E-state index is 13.9. The summed E-state index contributed by atoms with van der Waals surface area (Å²) >= 11 is 6.77. The SMILES string of the molecule is Cc1ccc(C=Nn2c(-c3ccccc3F)n[nH]c2=S)s1. The van der Waals surface area contributed by atoms with Crippen LogP contribution in [0.1, 0.15) is 9.75 Å². The van der Waals surface area contributed by atoms with Gasteiger partial charge in [0.15, 0.2) is 5.82 Å². The third kappa shape index (κ3) is 2.84. The standard InChI is InChI=1S/C14H11FN4S2/c1-9-6-7-10(21-9)8-16-19-13(17-18-14(19)20)11-4-2-3-5-12(11)15/h2-8H,1H3,(H,18,20). The van der Waals surface area contributed by atoms with Crippen LogP contribution in [0.5, 0.6) is 0 Å². The van der Waals surface area contributed by atoms with E-state index in [1.807, 2.05) is 19.1 Å². The minimum atomic E-state index is -0.366. The van der Waals surface area contributed by atoms with Crippen LogP contribution >= 0.6 is 23.6 Å². The van der Waals surface area contributed by atoms with Crippen molar-refractivity contribution in [2.45, 2.75) is 6.92 Å². The highest BCUT2D eigenvalue weighted by Gasteiger charge is 2.12. The average molecular weight is 318 g/mol. The van der Waals surface area contributed by atoms with E-state index in [4.69, 9.17) is 12.2 Å². The summed E-state index contributed by atoms with van der Waals surface area (Å²) in [6.07, 6.45) is 1.69. The largest absolute Gasteiger partial charge is 0.250 e. The van der Waals surface area contributed by atoms with E-state index in [-0.39, 0.29) is 5.82 Å². The summed E-state index contributed by atoms with van der Waals surface area (Å²) in [4.78, 5) is 2.19. The molecule has 0 atom stereocenters. The molecule has 0 saturated heterocycles. The number of hydrogen-bond donors (Lipinski definition) is 1. The first-order valence-corrected chi connectivity index (χ1v) is 7.41. The lowest BCUT2D eigenvalue weighted by Gasteiger charge is -2.01. The number of aromatic amines is 1. The number of rotatable bonds is 3. The molecule has 0 aliphatic rings. The minimum absolute atomic E-state index is 0.317. The van der Waals surface area contributed by atoms with Gasteiger partial charge in [0.25, 0.3) is 0 Å². The normalized spacial score (nSPS) is 11.3. The van der Waals surface area contributed by atoms with E-state index < -0.39 is 0 Å². The first kappa shape index (κ1) is 13.8. The highest BCUT2D eigenvalue weighted by Crippen LogP contribution is 2.20. The summed E-state index contributed by atoms with van der Waals surface area (Å²) < 4.78 is 15.6. The summed E-state index contributed by atoms with van der Waals surface area (Å²) in [5.74, 6) is -0.0162. The maximum atomic E-state index is 13.9. The number of nitrogens with zero attached hydrogens (tertiary/aromatic N) is 3. The zero-order valence-corrected chi connectivity index (χ0v) is 12.7. The lowest BCUT2D eigenvalue weighted by Crippen LogP contribution is -1.96. The Labute approximate surface area is 129 Å². The smallest absolute Gasteiger partial charge is 0.216 e. The molecule has 0 unspecified atom stereocenters. The van der Waals surface area contributed by atoms with Gasteiger partial charge in [-0.3, -0.25) is 0 Å². The molecule has 2 aromatic heterocycles. The van der Waals surface area contributed by atoms with Crippen molar-refractivity contribution < 1.29 is 4.39 Å². The van der Waals surface area contributed by atoms with Crippen molar-refractivity contribution in [2.24, 2.45) is 5.10 Å².